The molecule has 2 aliphatic heterocycles. The highest BCUT2D eigenvalue weighted by atomic mass is 32.2. The standard InChI is InChI=1S/C46H54N2S4/c1-29(2)13-11-15-31(5)21-23-33-25-27-39(49-33)41-43-46(52-38-20-10-7-17-35(38)47-43)42(44-45(41)51-37-19-9-8-18-36(37)48-44)40-28-26-34(50-40)24-22-32(6)16-12-14-30(3)4/h7-10,17-20,25-32H,11-16,21-24H2,1-6H3. The highest BCUT2D eigenvalue weighted by Gasteiger charge is 2.29. The SMILES string of the molecule is CC(C)CCCC(C)CCc1ccc(-c2c3c(c(-c4ccc(CCC(C)CCCC(C)C)s4)c4c2=Nc2ccccc2S4)=Nc2ccccc2S3)s1. The van der Waals surface area contributed by atoms with Gasteiger partial charge in [-0.05, 0) is 97.9 Å². The van der Waals surface area contributed by atoms with E-state index in [0.717, 1.165) is 58.6 Å². The molecule has 2 aromatic heterocycles. The Labute approximate surface area is 328 Å². The van der Waals surface area contributed by atoms with Gasteiger partial charge in [-0.15, -0.1) is 22.7 Å². The summed E-state index contributed by atoms with van der Waals surface area (Å²) in [6, 6.07) is 26.8. The fourth-order valence-corrected chi connectivity index (χ4v) is 11.9. The average Bonchev–Trinajstić information content (AvgIpc) is 3.80. The second-order valence-electron chi connectivity index (χ2n) is 15.9. The van der Waals surface area contributed by atoms with Crippen molar-refractivity contribution < 1.29 is 0 Å². The fourth-order valence-electron chi connectivity index (χ4n) is 7.39. The first kappa shape index (κ1) is 37.7. The summed E-state index contributed by atoms with van der Waals surface area (Å²) in [4.78, 5) is 21.5. The van der Waals surface area contributed by atoms with Crippen molar-refractivity contribution in [3.8, 4) is 20.9 Å². The summed E-state index contributed by atoms with van der Waals surface area (Å²) in [5.74, 6) is 3.09. The summed E-state index contributed by atoms with van der Waals surface area (Å²) >= 11 is 7.70. The van der Waals surface area contributed by atoms with E-state index in [-0.39, 0.29) is 0 Å². The predicted molar refractivity (Wildman–Crippen MR) is 228 cm³/mol. The third kappa shape index (κ3) is 8.83. The maximum absolute atomic E-state index is 5.51. The van der Waals surface area contributed by atoms with Crippen LogP contribution in [0.5, 0.6) is 0 Å². The van der Waals surface area contributed by atoms with Gasteiger partial charge in [0, 0.05) is 50.2 Å². The second kappa shape index (κ2) is 17.2. The molecule has 3 aromatic carbocycles. The minimum absolute atomic E-state index is 0.752. The molecule has 0 saturated carbocycles. The first-order valence-corrected chi connectivity index (χ1v) is 22.9. The van der Waals surface area contributed by atoms with Crippen molar-refractivity contribution in [3.05, 3.63) is 93.3 Å². The molecule has 0 N–H and O–H groups in total. The molecule has 0 radical (unpaired) electrons. The lowest BCUT2D eigenvalue weighted by molar-refractivity contribution is 0.437. The Morgan fingerprint density at radius 3 is 1.33 bits per heavy atom. The minimum Gasteiger partial charge on any atom is -0.246 e. The van der Waals surface area contributed by atoms with E-state index in [1.807, 2.05) is 46.2 Å². The maximum atomic E-state index is 5.51. The molecule has 272 valence electrons. The molecule has 7 rings (SSSR count). The van der Waals surface area contributed by atoms with Crippen LogP contribution in [-0.4, -0.2) is 0 Å². The number of para-hydroxylation sites is 2. The van der Waals surface area contributed by atoms with Gasteiger partial charge < -0.3 is 0 Å². The fraction of sp³-hybridized carbons (Fsp3) is 0.435. The molecule has 0 aliphatic carbocycles. The van der Waals surface area contributed by atoms with E-state index < -0.39 is 0 Å². The molecule has 2 unspecified atom stereocenters. The molecule has 0 spiro atoms. The van der Waals surface area contributed by atoms with Crippen LogP contribution in [0.15, 0.2) is 102 Å². The molecule has 0 saturated heterocycles. The van der Waals surface area contributed by atoms with Gasteiger partial charge in [-0.1, -0.05) is 128 Å². The summed E-state index contributed by atoms with van der Waals surface area (Å²) in [5, 5.41) is 2.23. The number of hydrogen-bond donors (Lipinski definition) is 0. The molecule has 0 amide bonds. The van der Waals surface area contributed by atoms with Crippen molar-refractivity contribution >= 4 is 57.6 Å². The Morgan fingerprint density at radius 2 is 0.904 bits per heavy atom. The third-order valence-corrected chi connectivity index (χ3v) is 15.2. The highest BCUT2D eigenvalue weighted by Crippen LogP contribution is 2.48. The number of fused-ring (bicyclic) bond motifs is 4. The van der Waals surface area contributed by atoms with Gasteiger partial charge in [-0.3, -0.25) is 0 Å². The maximum Gasteiger partial charge on any atom is 0.0882 e. The van der Waals surface area contributed by atoms with Gasteiger partial charge in [0.25, 0.3) is 0 Å². The van der Waals surface area contributed by atoms with Gasteiger partial charge in [0.15, 0.2) is 0 Å². The van der Waals surface area contributed by atoms with Crippen molar-refractivity contribution in [1.29, 1.82) is 0 Å². The third-order valence-electron chi connectivity index (χ3n) is 10.5. The zero-order valence-electron chi connectivity index (χ0n) is 31.8. The van der Waals surface area contributed by atoms with Gasteiger partial charge in [-0.2, -0.15) is 0 Å². The van der Waals surface area contributed by atoms with Crippen LogP contribution in [0.1, 0.15) is 103 Å². The van der Waals surface area contributed by atoms with Crippen molar-refractivity contribution in [2.45, 2.75) is 125 Å². The predicted octanol–water partition coefficient (Wildman–Crippen LogP) is 14.8. The first-order chi connectivity index (χ1) is 25.2. The van der Waals surface area contributed by atoms with E-state index in [1.165, 1.54) is 102 Å². The number of rotatable bonds is 16. The normalized spacial score (nSPS) is 14.3. The number of hydrogen-bond acceptors (Lipinski definition) is 6. The van der Waals surface area contributed by atoms with Crippen LogP contribution in [0.4, 0.5) is 11.4 Å². The molecule has 2 nitrogen and oxygen atoms in total. The van der Waals surface area contributed by atoms with Crippen LogP contribution in [0.3, 0.4) is 0 Å². The van der Waals surface area contributed by atoms with E-state index in [9.17, 15) is 0 Å². The van der Waals surface area contributed by atoms with Crippen LogP contribution in [-0.2, 0) is 12.8 Å². The van der Waals surface area contributed by atoms with Crippen molar-refractivity contribution in [1.82, 2.24) is 0 Å². The summed E-state index contributed by atoms with van der Waals surface area (Å²) in [6.45, 7) is 14.2. The molecule has 0 fully saturated rings. The zero-order chi connectivity index (χ0) is 36.2. The Hall–Kier alpha value is -2.64. The lowest BCUT2D eigenvalue weighted by Crippen LogP contribution is -2.24. The molecule has 5 aromatic rings. The Balaban J connectivity index is 1.29. The summed E-state index contributed by atoms with van der Waals surface area (Å²) in [7, 11) is 0. The Morgan fingerprint density at radius 1 is 0.481 bits per heavy atom. The monoisotopic (exact) mass is 762 g/mol. The van der Waals surface area contributed by atoms with Crippen LogP contribution in [0.25, 0.3) is 20.9 Å². The number of benzene rings is 3. The van der Waals surface area contributed by atoms with Crippen molar-refractivity contribution in [2.75, 3.05) is 0 Å². The summed E-state index contributed by atoms with van der Waals surface area (Å²) < 4.78 is 0. The van der Waals surface area contributed by atoms with Gasteiger partial charge in [0.05, 0.1) is 22.1 Å². The average molecular weight is 763 g/mol. The van der Waals surface area contributed by atoms with E-state index >= 15 is 0 Å². The molecule has 6 heteroatoms. The summed E-state index contributed by atoms with van der Waals surface area (Å²) in [5.41, 5.74) is 4.64. The lowest BCUT2D eigenvalue weighted by atomic mass is 9.96. The smallest absolute Gasteiger partial charge is 0.0882 e. The molecule has 2 atom stereocenters. The lowest BCUT2D eigenvalue weighted by Gasteiger charge is -2.23. The topological polar surface area (TPSA) is 24.7 Å². The number of aryl methyl sites for hydroxylation is 2. The Kier molecular flexibility index (Phi) is 12.5. The van der Waals surface area contributed by atoms with Crippen molar-refractivity contribution in [2.24, 2.45) is 33.7 Å². The zero-order valence-corrected chi connectivity index (χ0v) is 35.1. The second-order valence-corrected chi connectivity index (χ2v) is 20.4. The molecule has 0 bridgehead atoms. The number of thiophene rings is 2. The molecular formula is C46H54N2S4. The molecule has 2 aliphatic rings. The van der Waals surface area contributed by atoms with Crippen LogP contribution < -0.4 is 10.7 Å². The van der Waals surface area contributed by atoms with E-state index in [2.05, 4.69) is 114 Å². The van der Waals surface area contributed by atoms with E-state index in [0.29, 0.717) is 0 Å². The largest absolute Gasteiger partial charge is 0.246 e. The Bertz CT molecular complexity index is 1970. The quantitative estimate of drug-likeness (QED) is 0.0979. The number of nitrogens with zero attached hydrogens (tertiary/aromatic N) is 2. The van der Waals surface area contributed by atoms with Crippen LogP contribution >= 0.6 is 46.2 Å². The molecule has 4 heterocycles. The first-order valence-electron chi connectivity index (χ1n) is 19.6. The molecule has 52 heavy (non-hydrogen) atoms. The van der Waals surface area contributed by atoms with Gasteiger partial charge in [0.2, 0.25) is 0 Å². The summed E-state index contributed by atoms with van der Waals surface area (Å²) in [6.07, 6.45) is 12.8. The highest BCUT2D eigenvalue weighted by molar-refractivity contribution is 8.00. The molecular weight excluding hydrogens is 709 g/mol. The van der Waals surface area contributed by atoms with Crippen LogP contribution in [0.2, 0.25) is 0 Å². The van der Waals surface area contributed by atoms with Crippen molar-refractivity contribution in [3.63, 3.8) is 0 Å². The van der Waals surface area contributed by atoms with Gasteiger partial charge in [0.1, 0.15) is 0 Å². The van der Waals surface area contributed by atoms with Gasteiger partial charge >= 0.3 is 0 Å². The van der Waals surface area contributed by atoms with Crippen LogP contribution in [0, 0.1) is 23.7 Å². The van der Waals surface area contributed by atoms with E-state index in [1.54, 1.807) is 0 Å². The van der Waals surface area contributed by atoms with Gasteiger partial charge in [-0.25, -0.2) is 9.98 Å². The minimum atomic E-state index is 0.752. The van der Waals surface area contributed by atoms with E-state index in [4.69, 9.17) is 9.98 Å².